The summed E-state index contributed by atoms with van der Waals surface area (Å²) in [6.07, 6.45) is 5.31. The number of nitriles is 1. The smallest absolute Gasteiger partial charge is 0.0830 e. The van der Waals surface area contributed by atoms with Crippen molar-refractivity contribution in [3.8, 4) is 6.07 Å². The minimum absolute atomic E-state index is 0.224. The van der Waals surface area contributed by atoms with Crippen LogP contribution in [0.15, 0.2) is 24.3 Å². The van der Waals surface area contributed by atoms with Crippen molar-refractivity contribution in [1.82, 2.24) is 0 Å². The third-order valence-electron chi connectivity index (χ3n) is 4.55. The van der Waals surface area contributed by atoms with Crippen molar-refractivity contribution in [2.75, 3.05) is 13.2 Å². The molecule has 0 aromatic heterocycles. The quantitative estimate of drug-likeness (QED) is 0.796. The van der Waals surface area contributed by atoms with Gasteiger partial charge in [0.15, 0.2) is 0 Å². The van der Waals surface area contributed by atoms with Gasteiger partial charge in [-0.1, -0.05) is 24.3 Å². The van der Waals surface area contributed by atoms with E-state index in [4.69, 9.17) is 4.74 Å². The van der Waals surface area contributed by atoms with Crippen molar-refractivity contribution >= 4 is 0 Å². The highest BCUT2D eigenvalue weighted by Crippen LogP contribution is 2.44. The summed E-state index contributed by atoms with van der Waals surface area (Å²) in [6.45, 7) is 1.74. The first-order valence-electron chi connectivity index (χ1n) is 6.91. The van der Waals surface area contributed by atoms with Crippen LogP contribution in [0.3, 0.4) is 0 Å². The van der Waals surface area contributed by atoms with Gasteiger partial charge in [0.1, 0.15) is 0 Å². The van der Waals surface area contributed by atoms with Gasteiger partial charge in [-0.05, 0) is 49.1 Å². The van der Waals surface area contributed by atoms with Gasteiger partial charge in [-0.2, -0.15) is 5.26 Å². The van der Waals surface area contributed by atoms with Crippen LogP contribution in [0.4, 0.5) is 0 Å². The number of hydrogen-bond acceptors (Lipinski definition) is 2. The molecule has 0 spiro atoms. The van der Waals surface area contributed by atoms with Crippen LogP contribution in [-0.4, -0.2) is 13.2 Å². The molecule has 0 amide bonds. The maximum absolute atomic E-state index is 9.71. The highest BCUT2D eigenvalue weighted by Gasteiger charge is 2.40. The standard InChI is InChI=1S/C16H19NO/c17-12-16(11-13-6-9-18-10-7-13)8-5-14-3-1-2-4-15(14)16/h1-4,13H,5-11H2. The van der Waals surface area contributed by atoms with Gasteiger partial charge >= 0.3 is 0 Å². The topological polar surface area (TPSA) is 33.0 Å². The first kappa shape index (κ1) is 11.7. The Hall–Kier alpha value is -1.33. The zero-order chi connectivity index (χ0) is 12.4. The summed E-state index contributed by atoms with van der Waals surface area (Å²) in [6, 6.07) is 11.1. The summed E-state index contributed by atoms with van der Waals surface area (Å²) in [4.78, 5) is 0. The largest absolute Gasteiger partial charge is 0.381 e. The molecule has 2 heteroatoms. The Morgan fingerprint density at radius 3 is 2.83 bits per heavy atom. The molecule has 1 aromatic rings. The molecule has 2 nitrogen and oxygen atoms in total. The lowest BCUT2D eigenvalue weighted by Gasteiger charge is -2.30. The molecule has 3 rings (SSSR count). The van der Waals surface area contributed by atoms with E-state index in [0.717, 1.165) is 45.3 Å². The van der Waals surface area contributed by atoms with E-state index in [1.165, 1.54) is 11.1 Å². The summed E-state index contributed by atoms with van der Waals surface area (Å²) in [5, 5.41) is 9.71. The van der Waals surface area contributed by atoms with E-state index in [2.05, 4.69) is 30.3 Å². The Morgan fingerprint density at radius 1 is 1.28 bits per heavy atom. The lowest BCUT2D eigenvalue weighted by atomic mass is 9.74. The summed E-state index contributed by atoms with van der Waals surface area (Å²) in [5.74, 6) is 0.657. The number of hydrogen-bond donors (Lipinski definition) is 0. The summed E-state index contributed by atoms with van der Waals surface area (Å²) in [5.41, 5.74) is 2.45. The molecular formula is C16H19NO. The van der Waals surface area contributed by atoms with Crippen molar-refractivity contribution in [3.63, 3.8) is 0 Å². The van der Waals surface area contributed by atoms with Gasteiger partial charge in [0, 0.05) is 13.2 Å². The number of fused-ring (bicyclic) bond motifs is 1. The third kappa shape index (κ3) is 1.93. The molecule has 0 saturated carbocycles. The van der Waals surface area contributed by atoms with Crippen LogP contribution in [0.2, 0.25) is 0 Å². The van der Waals surface area contributed by atoms with E-state index in [-0.39, 0.29) is 5.41 Å². The number of nitrogens with zero attached hydrogens (tertiary/aromatic N) is 1. The summed E-state index contributed by atoms with van der Waals surface area (Å²) >= 11 is 0. The Kier molecular flexibility index (Phi) is 3.09. The van der Waals surface area contributed by atoms with Crippen LogP contribution < -0.4 is 0 Å². The fourth-order valence-corrected chi connectivity index (χ4v) is 3.51. The molecule has 18 heavy (non-hydrogen) atoms. The molecule has 1 aliphatic heterocycles. The molecule has 0 radical (unpaired) electrons. The van der Waals surface area contributed by atoms with Crippen LogP contribution >= 0.6 is 0 Å². The second kappa shape index (κ2) is 4.74. The minimum atomic E-state index is -0.224. The van der Waals surface area contributed by atoms with Gasteiger partial charge in [0.2, 0.25) is 0 Å². The van der Waals surface area contributed by atoms with Gasteiger partial charge in [-0.15, -0.1) is 0 Å². The Bertz CT molecular complexity index is 470. The van der Waals surface area contributed by atoms with E-state index in [0.29, 0.717) is 5.92 Å². The molecule has 0 N–H and O–H groups in total. The average molecular weight is 241 g/mol. The Morgan fingerprint density at radius 2 is 2.06 bits per heavy atom. The molecule has 1 heterocycles. The minimum Gasteiger partial charge on any atom is -0.381 e. The van der Waals surface area contributed by atoms with E-state index in [1.54, 1.807) is 0 Å². The molecule has 1 fully saturated rings. The molecule has 1 unspecified atom stereocenters. The van der Waals surface area contributed by atoms with E-state index in [9.17, 15) is 5.26 Å². The highest BCUT2D eigenvalue weighted by atomic mass is 16.5. The second-order valence-corrected chi connectivity index (χ2v) is 5.61. The Balaban J connectivity index is 1.86. The van der Waals surface area contributed by atoms with Crippen molar-refractivity contribution in [1.29, 1.82) is 5.26 Å². The molecule has 94 valence electrons. The van der Waals surface area contributed by atoms with Crippen LogP contribution in [-0.2, 0) is 16.6 Å². The van der Waals surface area contributed by atoms with Crippen LogP contribution in [0, 0.1) is 17.2 Å². The highest BCUT2D eigenvalue weighted by molar-refractivity contribution is 5.44. The van der Waals surface area contributed by atoms with Crippen LogP contribution in [0.1, 0.15) is 36.8 Å². The zero-order valence-corrected chi connectivity index (χ0v) is 10.7. The van der Waals surface area contributed by atoms with Crippen molar-refractivity contribution in [2.24, 2.45) is 5.92 Å². The molecule has 1 aliphatic carbocycles. The van der Waals surface area contributed by atoms with Crippen LogP contribution in [0.25, 0.3) is 0 Å². The van der Waals surface area contributed by atoms with Crippen molar-refractivity contribution < 1.29 is 4.74 Å². The Labute approximate surface area is 109 Å². The van der Waals surface area contributed by atoms with E-state index < -0.39 is 0 Å². The lowest BCUT2D eigenvalue weighted by molar-refractivity contribution is 0.0588. The predicted molar refractivity (Wildman–Crippen MR) is 70.2 cm³/mol. The van der Waals surface area contributed by atoms with Crippen LogP contribution in [0.5, 0.6) is 0 Å². The van der Waals surface area contributed by atoms with Gasteiger partial charge in [-0.25, -0.2) is 0 Å². The normalized spacial score (nSPS) is 27.7. The second-order valence-electron chi connectivity index (χ2n) is 5.61. The van der Waals surface area contributed by atoms with Crippen molar-refractivity contribution in [3.05, 3.63) is 35.4 Å². The van der Waals surface area contributed by atoms with Crippen molar-refractivity contribution in [2.45, 2.75) is 37.5 Å². The number of ether oxygens (including phenoxy) is 1. The van der Waals surface area contributed by atoms with E-state index >= 15 is 0 Å². The van der Waals surface area contributed by atoms with E-state index in [1.807, 2.05) is 0 Å². The molecule has 2 aliphatic rings. The summed E-state index contributed by atoms with van der Waals surface area (Å²) < 4.78 is 5.42. The number of aryl methyl sites for hydroxylation is 1. The molecular weight excluding hydrogens is 222 g/mol. The fraction of sp³-hybridized carbons (Fsp3) is 0.562. The molecule has 1 aromatic carbocycles. The van der Waals surface area contributed by atoms with Gasteiger partial charge < -0.3 is 4.74 Å². The SMILES string of the molecule is N#CC1(CC2CCOCC2)CCc2ccccc21. The fourth-order valence-electron chi connectivity index (χ4n) is 3.51. The predicted octanol–water partition coefficient (Wildman–Crippen LogP) is 3.21. The third-order valence-corrected chi connectivity index (χ3v) is 4.55. The maximum atomic E-state index is 9.71. The monoisotopic (exact) mass is 241 g/mol. The summed E-state index contributed by atoms with van der Waals surface area (Å²) in [7, 11) is 0. The lowest BCUT2D eigenvalue weighted by Crippen LogP contribution is -2.28. The maximum Gasteiger partial charge on any atom is 0.0830 e. The number of rotatable bonds is 2. The average Bonchev–Trinajstić information content (AvgIpc) is 2.80. The van der Waals surface area contributed by atoms with Gasteiger partial charge in [0.25, 0.3) is 0 Å². The van der Waals surface area contributed by atoms with Gasteiger partial charge in [-0.3, -0.25) is 0 Å². The first-order chi connectivity index (χ1) is 8.84. The first-order valence-corrected chi connectivity index (χ1v) is 6.91. The molecule has 0 bridgehead atoms. The molecule has 1 saturated heterocycles. The zero-order valence-electron chi connectivity index (χ0n) is 10.7. The molecule has 1 atom stereocenters. The van der Waals surface area contributed by atoms with Gasteiger partial charge in [0.05, 0.1) is 11.5 Å². The number of benzene rings is 1.